The maximum Gasteiger partial charge on any atom is 0.212 e. The van der Waals surface area contributed by atoms with Crippen LogP contribution in [0, 0.1) is 0 Å². The zero-order valence-corrected chi connectivity index (χ0v) is 10.1. The molecule has 1 aliphatic heterocycles. The zero-order valence-electron chi connectivity index (χ0n) is 9.26. The second-order valence-electron chi connectivity index (χ2n) is 3.64. The van der Waals surface area contributed by atoms with Gasteiger partial charge in [-0.25, -0.2) is 4.68 Å². The summed E-state index contributed by atoms with van der Waals surface area (Å²) in [5.41, 5.74) is 0.564. The van der Waals surface area contributed by atoms with Crippen LogP contribution in [0.5, 0.6) is 0 Å². The molecular weight excluding hydrogens is 226 g/mol. The lowest BCUT2D eigenvalue weighted by Crippen LogP contribution is -2.33. The van der Waals surface area contributed by atoms with Crippen molar-refractivity contribution in [3.8, 4) is 0 Å². The minimum absolute atomic E-state index is 0.00523. The van der Waals surface area contributed by atoms with Gasteiger partial charge in [-0.15, -0.1) is 5.10 Å². The van der Waals surface area contributed by atoms with Gasteiger partial charge < -0.3 is 4.74 Å². The predicted octanol–water partition coefficient (Wildman–Crippen LogP) is 1.00. The van der Waals surface area contributed by atoms with Gasteiger partial charge in [-0.1, -0.05) is 12.1 Å². The molecule has 0 amide bonds. The summed E-state index contributed by atoms with van der Waals surface area (Å²) in [6.07, 6.45) is 2.14. The van der Waals surface area contributed by atoms with Crippen molar-refractivity contribution in [1.29, 1.82) is 0 Å². The van der Waals surface area contributed by atoms with Gasteiger partial charge in [0.2, 0.25) is 5.78 Å². The van der Waals surface area contributed by atoms with Crippen molar-refractivity contribution in [3.05, 3.63) is 11.9 Å². The molecule has 0 saturated carbocycles. The lowest BCUT2D eigenvalue weighted by molar-refractivity contribution is 0.0508. The van der Waals surface area contributed by atoms with E-state index in [-0.39, 0.29) is 11.9 Å². The number of ketones is 1. The Labute approximate surface area is 98.5 Å². The molecule has 1 saturated heterocycles. The summed E-state index contributed by atoms with van der Waals surface area (Å²) in [4.78, 5) is 12.1. The highest BCUT2D eigenvalue weighted by molar-refractivity contribution is 7.99. The maximum atomic E-state index is 12.1. The first kappa shape index (κ1) is 11.6. The van der Waals surface area contributed by atoms with Gasteiger partial charge in [0, 0.05) is 18.1 Å². The summed E-state index contributed by atoms with van der Waals surface area (Å²) < 4.78 is 7.12. The second kappa shape index (κ2) is 5.45. The second-order valence-corrected chi connectivity index (χ2v) is 4.79. The van der Waals surface area contributed by atoms with Crippen molar-refractivity contribution in [1.82, 2.24) is 15.0 Å². The summed E-state index contributed by atoms with van der Waals surface area (Å²) in [6, 6.07) is 0. The first-order valence-corrected chi connectivity index (χ1v) is 6.60. The van der Waals surface area contributed by atoms with E-state index in [0.29, 0.717) is 12.3 Å². The Kier molecular flexibility index (Phi) is 3.95. The lowest BCUT2D eigenvalue weighted by Gasteiger charge is -2.20. The minimum atomic E-state index is -0.326. The minimum Gasteiger partial charge on any atom is -0.368 e. The lowest BCUT2D eigenvalue weighted by atomic mass is 10.2. The average molecular weight is 241 g/mol. The molecule has 0 bridgehead atoms. The Bertz CT molecular complexity index is 361. The van der Waals surface area contributed by atoms with Crippen LogP contribution in [0.15, 0.2) is 6.20 Å². The first-order valence-electron chi connectivity index (χ1n) is 5.45. The van der Waals surface area contributed by atoms with Gasteiger partial charge in [-0.05, 0) is 6.42 Å². The quantitative estimate of drug-likeness (QED) is 0.736. The van der Waals surface area contributed by atoms with Crippen molar-refractivity contribution in [2.24, 2.45) is 0 Å². The molecule has 6 heteroatoms. The van der Waals surface area contributed by atoms with E-state index < -0.39 is 0 Å². The van der Waals surface area contributed by atoms with Crippen LogP contribution in [-0.4, -0.2) is 45.0 Å². The molecule has 0 spiro atoms. The largest absolute Gasteiger partial charge is 0.368 e. The number of rotatable bonds is 4. The van der Waals surface area contributed by atoms with E-state index in [1.54, 1.807) is 16.4 Å². The molecule has 1 atom stereocenters. The third-order valence-corrected chi connectivity index (χ3v) is 3.41. The Morgan fingerprint density at radius 2 is 2.62 bits per heavy atom. The van der Waals surface area contributed by atoms with Gasteiger partial charge in [0.05, 0.1) is 12.8 Å². The van der Waals surface area contributed by atoms with Gasteiger partial charge >= 0.3 is 0 Å². The topological polar surface area (TPSA) is 57.0 Å². The van der Waals surface area contributed by atoms with Gasteiger partial charge in [0.25, 0.3) is 0 Å². The SMILES string of the molecule is CCCn1nncc1C(=O)C1CSCCO1. The number of aromatic nitrogens is 3. The van der Waals surface area contributed by atoms with Gasteiger partial charge in [0.15, 0.2) is 0 Å². The number of ether oxygens (including phenoxy) is 1. The molecule has 1 unspecified atom stereocenters. The maximum absolute atomic E-state index is 12.1. The molecule has 1 aromatic heterocycles. The van der Waals surface area contributed by atoms with Gasteiger partial charge in [0.1, 0.15) is 11.8 Å². The van der Waals surface area contributed by atoms with Crippen LogP contribution in [0.1, 0.15) is 23.8 Å². The highest BCUT2D eigenvalue weighted by Crippen LogP contribution is 2.16. The summed E-state index contributed by atoms with van der Waals surface area (Å²) >= 11 is 1.75. The molecule has 0 radical (unpaired) electrons. The summed E-state index contributed by atoms with van der Waals surface area (Å²) in [5, 5.41) is 7.69. The number of thioether (sulfide) groups is 1. The van der Waals surface area contributed by atoms with Gasteiger partial charge in [-0.3, -0.25) is 4.79 Å². The summed E-state index contributed by atoms with van der Waals surface area (Å²) in [7, 11) is 0. The molecule has 1 aliphatic rings. The number of hydrogen-bond donors (Lipinski definition) is 0. The van der Waals surface area contributed by atoms with Crippen molar-refractivity contribution < 1.29 is 9.53 Å². The molecule has 2 heterocycles. The fourth-order valence-electron chi connectivity index (χ4n) is 1.63. The summed E-state index contributed by atoms with van der Waals surface area (Å²) in [6.45, 7) is 3.42. The standard InChI is InChI=1S/C10H15N3O2S/c1-2-3-13-8(6-11-12-13)10(14)9-7-16-5-4-15-9/h6,9H,2-5,7H2,1H3. The predicted molar refractivity (Wildman–Crippen MR) is 61.7 cm³/mol. The number of hydrogen-bond acceptors (Lipinski definition) is 5. The third kappa shape index (κ3) is 2.44. The smallest absolute Gasteiger partial charge is 0.212 e. The number of nitrogens with zero attached hydrogens (tertiary/aromatic N) is 3. The van der Waals surface area contributed by atoms with E-state index in [9.17, 15) is 4.79 Å². The number of carbonyl (C=O) groups excluding carboxylic acids is 1. The van der Waals surface area contributed by atoms with Crippen LogP contribution in [-0.2, 0) is 11.3 Å². The van der Waals surface area contributed by atoms with Crippen LogP contribution in [0.4, 0.5) is 0 Å². The Morgan fingerprint density at radius 1 is 1.75 bits per heavy atom. The highest BCUT2D eigenvalue weighted by Gasteiger charge is 2.26. The van der Waals surface area contributed by atoms with E-state index in [4.69, 9.17) is 4.74 Å². The highest BCUT2D eigenvalue weighted by atomic mass is 32.2. The van der Waals surface area contributed by atoms with E-state index >= 15 is 0 Å². The number of Topliss-reactive ketones (excluding diaryl/α,β-unsaturated/α-hetero) is 1. The molecule has 1 aromatic rings. The molecule has 1 fully saturated rings. The van der Waals surface area contributed by atoms with Crippen molar-refractivity contribution in [3.63, 3.8) is 0 Å². The molecule has 0 aromatic carbocycles. The molecule has 0 aliphatic carbocycles. The van der Waals surface area contributed by atoms with Crippen LogP contribution in [0.25, 0.3) is 0 Å². The van der Waals surface area contributed by atoms with E-state index in [1.807, 2.05) is 6.92 Å². The van der Waals surface area contributed by atoms with Crippen LogP contribution in [0.3, 0.4) is 0 Å². The van der Waals surface area contributed by atoms with Crippen molar-refractivity contribution in [2.45, 2.75) is 26.0 Å². The Morgan fingerprint density at radius 3 is 3.31 bits per heavy atom. The third-order valence-electron chi connectivity index (χ3n) is 2.41. The fourth-order valence-corrected chi connectivity index (χ4v) is 2.47. The van der Waals surface area contributed by atoms with E-state index in [0.717, 1.165) is 24.5 Å². The van der Waals surface area contributed by atoms with Crippen LogP contribution in [0.2, 0.25) is 0 Å². The fraction of sp³-hybridized carbons (Fsp3) is 0.700. The molecule has 16 heavy (non-hydrogen) atoms. The average Bonchev–Trinajstić information content (AvgIpc) is 2.78. The zero-order chi connectivity index (χ0) is 11.4. The number of carbonyl (C=O) groups is 1. The molecule has 0 N–H and O–H groups in total. The monoisotopic (exact) mass is 241 g/mol. The first-order chi connectivity index (χ1) is 7.83. The van der Waals surface area contributed by atoms with Crippen molar-refractivity contribution in [2.75, 3.05) is 18.1 Å². The Balaban J connectivity index is 2.09. The van der Waals surface area contributed by atoms with Gasteiger partial charge in [-0.2, -0.15) is 11.8 Å². The van der Waals surface area contributed by atoms with Crippen molar-refractivity contribution >= 4 is 17.5 Å². The Hall–Kier alpha value is -0.880. The normalized spacial score (nSPS) is 20.9. The molecule has 5 nitrogen and oxygen atoms in total. The van der Waals surface area contributed by atoms with E-state index in [2.05, 4.69) is 10.3 Å². The molecular formula is C10H15N3O2S. The van der Waals surface area contributed by atoms with E-state index in [1.165, 1.54) is 6.20 Å². The summed E-state index contributed by atoms with van der Waals surface area (Å²) in [5.74, 6) is 1.71. The molecule has 88 valence electrons. The van der Waals surface area contributed by atoms with Crippen LogP contribution < -0.4 is 0 Å². The molecule has 2 rings (SSSR count). The van der Waals surface area contributed by atoms with Crippen LogP contribution >= 0.6 is 11.8 Å². The number of aryl methyl sites for hydroxylation is 1.